The number of aliphatic hydroxyl groups excluding tert-OH is 1. The lowest BCUT2D eigenvalue weighted by atomic mass is 10.0. The number of rotatable bonds is 3. The molecule has 1 aliphatic heterocycles. The van der Waals surface area contributed by atoms with E-state index in [0.29, 0.717) is 30.1 Å². The van der Waals surface area contributed by atoms with E-state index in [1.165, 1.54) is 0 Å². The Bertz CT molecular complexity index is 728. The van der Waals surface area contributed by atoms with Crippen LogP contribution in [0.3, 0.4) is 0 Å². The molecule has 1 aliphatic rings. The highest BCUT2D eigenvalue weighted by Crippen LogP contribution is 2.25. The van der Waals surface area contributed by atoms with Crippen LogP contribution in [0.4, 0.5) is 0 Å². The Morgan fingerprint density at radius 3 is 2.87 bits per heavy atom. The minimum atomic E-state index is -0.566. The van der Waals surface area contributed by atoms with Crippen LogP contribution in [0.2, 0.25) is 5.02 Å². The molecule has 0 spiro atoms. The van der Waals surface area contributed by atoms with Crippen LogP contribution in [0.1, 0.15) is 27.4 Å². The molecule has 0 bridgehead atoms. The van der Waals surface area contributed by atoms with Gasteiger partial charge in [-0.1, -0.05) is 22.8 Å². The number of amides is 1. The van der Waals surface area contributed by atoms with Crippen molar-refractivity contribution in [2.45, 2.75) is 26.4 Å². The second-order valence-electron chi connectivity index (χ2n) is 6.14. The maximum absolute atomic E-state index is 12.7. The first kappa shape index (κ1) is 16.0. The highest BCUT2D eigenvalue weighted by atomic mass is 35.5. The molecule has 23 heavy (non-hydrogen) atoms. The maximum Gasteiger partial charge on any atom is 0.254 e. The highest BCUT2D eigenvalue weighted by molar-refractivity contribution is 6.31. The molecule has 6 heteroatoms. The first-order chi connectivity index (χ1) is 10.9. The van der Waals surface area contributed by atoms with E-state index in [2.05, 4.69) is 5.16 Å². The molecule has 0 saturated carbocycles. The molecule has 0 unspecified atom stereocenters. The third kappa shape index (κ3) is 3.41. The summed E-state index contributed by atoms with van der Waals surface area (Å²) in [6.45, 7) is 4.55. The second-order valence-corrected chi connectivity index (χ2v) is 6.57. The van der Waals surface area contributed by atoms with Gasteiger partial charge in [0.1, 0.15) is 5.76 Å². The summed E-state index contributed by atoms with van der Waals surface area (Å²) in [6, 6.07) is 7.13. The SMILES string of the molecule is Cc1cc(C[C@@H]2CN(C(=O)c3cc(Cl)ccc3C)C[C@H]2O)on1. The van der Waals surface area contributed by atoms with Crippen LogP contribution in [0.15, 0.2) is 28.8 Å². The Kier molecular flexibility index (Phi) is 4.41. The molecule has 5 nitrogen and oxygen atoms in total. The van der Waals surface area contributed by atoms with E-state index in [1.54, 1.807) is 17.0 Å². The van der Waals surface area contributed by atoms with Crippen molar-refractivity contribution in [2.24, 2.45) is 5.92 Å². The molecule has 3 rings (SSSR count). The molecule has 2 atom stereocenters. The van der Waals surface area contributed by atoms with Gasteiger partial charge in [0, 0.05) is 42.1 Å². The zero-order valence-electron chi connectivity index (χ0n) is 13.1. The Hall–Kier alpha value is -1.85. The molecule has 1 N–H and O–H groups in total. The Morgan fingerprint density at radius 2 is 2.17 bits per heavy atom. The summed E-state index contributed by atoms with van der Waals surface area (Å²) in [4.78, 5) is 14.4. The topological polar surface area (TPSA) is 66.6 Å². The lowest BCUT2D eigenvalue weighted by Crippen LogP contribution is -2.30. The maximum atomic E-state index is 12.7. The van der Waals surface area contributed by atoms with Crippen LogP contribution in [0.5, 0.6) is 0 Å². The van der Waals surface area contributed by atoms with Gasteiger partial charge in [0.25, 0.3) is 5.91 Å². The van der Waals surface area contributed by atoms with Crippen LogP contribution in [0.25, 0.3) is 0 Å². The minimum absolute atomic E-state index is 0.0502. The van der Waals surface area contributed by atoms with Crippen molar-refractivity contribution in [2.75, 3.05) is 13.1 Å². The smallest absolute Gasteiger partial charge is 0.254 e. The molecule has 1 aromatic carbocycles. The second kappa shape index (κ2) is 6.34. The average molecular weight is 335 g/mol. The highest BCUT2D eigenvalue weighted by Gasteiger charge is 2.35. The molecule has 1 saturated heterocycles. The van der Waals surface area contributed by atoms with Crippen molar-refractivity contribution in [1.82, 2.24) is 10.1 Å². The average Bonchev–Trinajstić information content (AvgIpc) is 3.08. The number of hydrogen-bond donors (Lipinski definition) is 1. The fraction of sp³-hybridized carbons (Fsp3) is 0.412. The van der Waals surface area contributed by atoms with Gasteiger partial charge < -0.3 is 14.5 Å². The van der Waals surface area contributed by atoms with E-state index in [-0.39, 0.29) is 11.8 Å². The minimum Gasteiger partial charge on any atom is -0.391 e. The number of β-amino-alcohol motifs (C(OH)–C–C–N with tert-alkyl or cyclic N) is 1. The fourth-order valence-corrected chi connectivity index (χ4v) is 3.16. The Balaban J connectivity index is 1.72. The van der Waals surface area contributed by atoms with E-state index < -0.39 is 6.10 Å². The normalized spacial score (nSPS) is 21.0. The van der Waals surface area contributed by atoms with E-state index in [4.69, 9.17) is 16.1 Å². The number of likely N-dealkylation sites (tertiary alicyclic amines) is 1. The van der Waals surface area contributed by atoms with Gasteiger partial charge in [0.05, 0.1) is 11.8 Å². The lowest BCUT2D eigenvalue weighted by Gasteiger charge is -2.17. The van der Waals surface area contributed by atoms with Crippen LogP contribution in [-0.4, -0.2) is 40.3 Å². The molecular formula is C17H19ClN2O3. The predicted octanol–water partition coefficient (Wildman–Crippen LogP) is 2.62. The van der Waals surface area contributed by atoms with Crippen molar-refractivity contribution in [1.29, 1.82) is 0 Å². The molecular weight excluding hydrogens is 316 g/mol. The van der Waals surface area contributed by atoms with E-state index in [1.807, 2.05) is 26.0 Å². The Labute approximate surface area is 139 Å². The summed E-state index contributed by atoms with van der Waals surface area (Å²) >= 11 is 6.00. The molecule has 1 aromatic heterocycles. The predicted molar refractivity (Wildman–Crippen MR) is 86.5 cm³/mol. The molecule has 2 heterocycles. The number of carbonyl (C=O) groups excluding carboxylic acids is 1. The number of halogens is 1. The van der Waals surface area contributed by atoms with Gasteiger partial charge in [-0.15, -0.1) is 0 Å². The summed E-state index contributed by atoms with van der Waals surface area (Å²) < 4.78 is 5.21. The van der Waals surface area contributed by atoms with Gasteiger partial charge in [-0.3, -0.25) is 4.79 Å². The molecule has 122 valence electrons. The van der Waals surface area contributed by atoms with E-state index >= 15 is 0 Å². The molecule has 0 radical (unpaired) electrons. The first-order valence-electron chi connectivity index (χ1n) is 7.59. The van der Waals surface area contributed by atoms with Gasteiger partial charge in [0.15, 0.2) is 0 Å². The van der Waals surface area contributed by atoms with Crippen LogP contribution >= 0.6 is 11.6 Å². The number of nitrogens with zero attached hydrogens (tertiary/aromatic N) is 2. The summed E-state index contributed by atoms with van der Waals surface area (Å²) in [5, 5.41) is 14.7. The van der Waals surface area contributed by atoms with Crippen LogP contribution < -0.4 is 0 Å². The lowest BCUT2D eigenvalue weighted by molar-refractivity contribution is 0.0764. The van der Waals surface area contributed by atoms with Crippen molar-refractivity contribution >= 4 is 17.5 Å². The standard InChI is InChI=1S/C17H19ClN2O3/c1-10-3-4-13(18)7-15(10)17(22)20-8-12(16(21)9-20)6-14-5-11(2)19-23-14/h3-5,7,12,16,21H,6,8-9H2,1-2H3/t12-,16-/m1/s1. The monoisotopic (exact) mass is 334 g/mol. The number of aromatic nitrogens is 1. The Morgan fingerprint density at radius 1 is 1.39 bits per heavy atom. The quantitative estimate of drug-likeness (QED) is 0.937. The number of hydrogen-bond acceptors (Lipinski definition) is 4. The van der Waals surface area contributed by atoms with Gasteiger partial charge in [-0.25, -0.2) is 0 Å². The van der Waals surface area contributed by atoms with Crippen molar-refractivity contribution < 1.29 is 14.4 Å². The number of benzene rings is 1. The number of aryl methyl sites for hydroxylation is 2. The zero-order chi connectivity index (χ0) is 16.6. The summed E-state index contributed by atoms with van der Waals surface area (Å²) in [7, 11) is 0. The van der Waals surface area contributed by atoms with Crippen molar-refractivity contribution in [3.63, 3.8) is 0 Å². The molecule has 1 fully saturated rings. The van der Waals surface area contributed by atoms with E-state index in [0.717, 1.165) is 17.0 Å². The van der Waals surface area contributed by atoms with Gasteiger partial charge in [-0.05, 0) is 31.5 Å². The molecule has 1 amide bonds. The largest absolute Gasteiger partial charge is 0.391 e. The molecule has 0 aliphatic carbocycles. The number of carbonyl (C=O) groups is 1. The zero-order valence-corrected chi connectivity index (χ0v) is 13.9. The van der Waals surface area contributed by atoms with Gasteiger partial charge in [-0.2, -0.15) is 0 Å². The third-order valence-electron chi connectivity index (χ3n) is 4.26. The van der Waals surface area contributed by atoms with Crippen LogP contribution in [-0.2, 0) is 6.42 Å². The summed E-state index contributed by atoms with van der Waals surface area (Å²) in [6.07, 6.45) is 0.00387. The van der Waals surface area contributed by atoms with Crippen molar-refractivity contribution in [3.05, 3.63) is 51.9 Å². The van der Waals surface area contributed by atoms with Crippen LogP contribution in [0, 0.1) is 19.8 Å². The van der Waals surface area contributed by atoms with Gasteiger partial charge >= 0.3 is 0 Å². The molecule has 2 aromatic rings. The summed E-state index contributed by atoms with van der Waals surface area (Å²) in [5.41, 5.74) is 2.28. The van der Waals surface area contributed by atoms with E-state index in [9.17, 15) is 9.90 Å². The fourth-order valence-electron chi connectivity index (χ4n) is 2.99. The first-order valence-corrected chi connectivity index (χ1v) is 7.97. The number of aliphatic hydroxyl groups is 1. The van der Waals surface area contributed by atoms with Crippen molar-refractivity contribution in [3.8, 4) is 0 Å². The van der Waals surface area contributed by atoms with Gasteiger partial charge in [0.2, 0.25) is 0 Å². The third-order valence-corrected chi connectivity index (χ3v) is 4.50. The summed E-state index contributed by atoms with van der Waals surface area (Å²) in [5.74, 6) is 0.589.